The Kier molecular flexibility index (Phi) is 44.9. The van der Waals surface area contributed by atoms with Gasteiger partial charge in [0.05, 0.1) is 0 Å². The van der Waals surface area contributed by atoms with Crippen molar-refractivity contribution in [3.05, 3.63) is 24.3 Å². The van der Waals surface area contributed by atoms with Crippen LogP contribution in [-0.4, -0.2) is 37.2 Å². The zero-order valence-electron chi connectivity index (χ0n) is 38.1. The largest absolute Gasteiger partial charge is 0.462 e. The molecule has 0 saturated carbocycles. The molecule has 0 saturated heterocycles. The maximum atomic E-state index is 12.7. The van der Waals surface area contributed by atoms with Crippen LogP contribution in [0.3, 0.4) is 0 Å². The van der Waals surface area contributed by atoms with Crippen LogP contribution in [-0.2, 0) is 28.6 Å². The molecule has 1 atom stereocenters. The van der Waals surface area contributed by atoms with Gasteiger partial charge in [-0.25, -0.2) is 0 Å². The van der Waals surface area contributed by atoms with Gasteiger partial charge >= 0.3 is 17.9 Å². The van der Waals surface area contributed by atoms with Gasteiger partial charge in [-0.2, -0.15) is 0 Å². The molecule has 0 N–H and O–H groups in total. The first kappa shape index (κ1) is 54.9. The second-order valence-electron chi connectivity index (χ2n) is 16.7. The molecule has 0 unspecified atom stereocenters. The molecule has 0 aromatic heterocycles. The molecule has 334 valence electrons. The van der Waals surface area contributed by atoms with Crippen molar-refractivity contribution < 1.29 is 28.6 Å². The third-order valence-corrected chi connectivity index (χ3v) is 11.0. The van der Waals surface area contributed by atoms with Crippen molar-refractivity contribution in [1.29, 1.82) is 0 Å². The van der Waals surface area contributed by atoms with E-state index in [1.165, 1.54) is 148 Å². The SMILES string of the molecule is CCCCC/C=C\C/C=C\CCCCCCCC(=O)OC[C@H](COC(=O)CCCCCCCCCCCCCC)OC(=O)CCCCCCCCCCCCCC. The molecule has 0 fully saturated rings. The highest BCUT2D eigenvalue weighted by molar-refractivity contribution is 5.71. The quantitative estimate of drug-likeness (QED) is 0.0264. The van der Waals surface area contributed by atoms with Crippen LogP contribution >= 0.6 is 0 Å². The number of rotatable bonds is 45. The van der Waals surface area contributed by atoms with Gasteiger partial charge in [-0.15, -0.1) is 0 Å². The standard InChI is InChI=1S/C51H94O6/c1-4-7-10-13-16-19-22-25-26-27-30-32-35-38-41-44-50(53)56-47-48(57-51(54)45-42-39-36-33-29-24-21-18-15-12-9-6-3)46-55-49(52)43-40-37-34-31-28-23-20-17-14-11-8-5-2/h16,19,25-26,48H,4-15,17-18,20-24,27-47H2,1-3H3/b19-16-,26-25-/t48-/m0/s1. The number of esters is 3. The smallest absolute Gasteiger partial charge is 0.306 e. The first-order chi connectivity index (χ1) is 28.0. The van der Waals surface area contributed by atoms with Gasteiger partial charge in [-0.3, -0.25) is 14.4 Å². The number of allylic oxidation sites excluding steroid dienone is 4. The van der Waals surface area contributed by atoms with Crippen LogP contribution in [0.25, 0.3) is 0 Å². The lowest BCUT2D eigenvalue weighted by Crippen LogP contribution is -2.30. The molecule has 0 aliphatic heterocycles. The lowest BCUT2D eigenvalue weighted by atomic mass is 10.0. The third kappa shape index (κ3) is 44.8. The highest BCUT2D eigenvalue weighted by Gasteiger charge is 2.19. The Labute approximate surface area is 353 Å². The predicted octanol–water partition coefficient (Wildman–Crippen LogP) is 16.0. The fourth-order valence-corrected chi connectivity index (χ4v) is 7.18. The number of hydrogen-bond donors (Lipinski definition) is 0. The summed E-state index contributed by atoms with van der Waals surface area (Å²) < 4.78 is 16.8. The summed E-state index contributed by atoms with van der Waals surface area (Å²) in [6.07, 6.45) is 51.5. The van der Waals surface area contributed by atoms with Gasteiger partial charge in [0, 0.05) is 19.3 Å². The molecule has 6 nitrogen and oxygen atoms in total. The van der Waals surface area contributed by atoms with Crippen LogP contribution in [0.1, 0.15) is 265 Å². The van der Waals surface area contributed by atoms with E-state index in [9.17, 15) is 14.4 Å². The number of ether oxygens (including phenoxy) is 3. The summed E-state index contributed by atoms with van der Waals surface area (Å²) in [7, 11) is 0. The van der Waals surface area contributed by atoms with E-state index < -0.39 is 6.10 Å². The van der Waals surface area contributed by atoms with Gasteiger partial charge in [0.1, 0.15) is 13.2 Å². The summed E-state index contributed by atoms with van der Waals surface area (Å²) in [5, 5.41) is 0. The van der Waals surface area contributed by atoms with Crippen LogP contribution < -0.4 is 0 Å². The first-order valence-corrected chi connectivity index (χ1v) is 24.8. The van der Waals surface area contributed by atoms with Crippen molar-refractivity contribution in [3.63, 3.8) is 0 Å². The van der Waals surface area contributed by atoms with Gasteiger partial charge in [-0.05, 0) is 51.4 Å². The lowest BCUT2D eigenvalue weighted by Gasteiger charge is -2.18. The van der Waals surface area contributed by atoms with E-state index in [0.717, 1.165) is 77.0 Å². The molecule has 0 heterocycles. The normalized spacial score (nSPS) is 12.1. The Bertz CT molecular complexity index is 927. The van der Waals surface area contributed by atoms with E-state index in [1.54, 1.807) is 0 Å². The van der Waals surface area contributed by atoms with Crippen molar-refractivity contribution in [2.24, 2.45) is 0 Å². The van der Waals surface area contributed by atoms with E-state index in [4.69, 9.17) is 14.2 Å². The molecule has 0 bridgehead atoms. The monoisotopic (exact) mass is 803 g/mol. The van der Waals surface area contributed by atoms with Crippen molar-refractivity contribution in [3.8, 4) is 0 Å². The topological polar surface area (TPSA) is 78.9 Å². The molecule has 0 aliphatic rings. The van der Waals surface area contributed by atoms with E-state index in [1.807, 2.05) is 0 Å². The Hall–Kier alpha value is -2.11. The first-order valence-electron chi connectivity index (χ1n) is 24.8. The summed E-state index contributed by atoms with van der Waals surface area (Å²) in [6, 6.07) is 0. The zero-order chi connectivity index (χ0) is 41.5. The summed E-state index contributed by atoms with van der Waals surface area (Å²) in [5.74, 6) is -0.875. The average molecular weight is 803 g/mol. The summed E-state index contributed by atoms with van der Waals surface area (Å²) in [5.41, 5.74) is 0. The van der Waals surface area contributed by atoms with Crippen LogP contribution in [0.5, 0.6) is 0 Å². The van der Waals surface area contributed by atoms with Gasteiger partial charge in [-0.1, -0.05) is 218 Å². The maximum absolute atomic E-state index is 12.7. The van der Waals surface area contributed by atoms with Crippen LogP contribution in [0.15, 0.2) is 24.3 Å². The molecule has 0 amide bonds. The Morgan fingerprint density at radius 1 is 0.351 bits per heavy atom. The minimum atomic E-state index is -0.769. The van der Waals surface area contributed by atoms with Gasteiger partial charge in [0.2, 0.25) is 0 Å². The zero-order valence-corrected chi connectivity index (χ0v) is 38.1. The van der Waals surface area contributed by atoms with Crippen molar-refractivity contribution in [2.75, 3.05) is 13.2 Å². The van der Waals surface area contributed by atoms with Crippen LogP contribution in [0.4, 0.5) is 0 Å². The van der Waals surface area contributed by atoms with Crippen molar-refractivity contribution in [2.45, 2.75) is 271 Å². The fraction of sp³-hybridized carbons (Fsp3) is 0.863. The third-order valence-electron chi connectivity index (χ3n) is 11.0. The molecule has 0 aliphatic carbocycles. The highest BCUT2D eigenvalue weighted by Crippen LogP contribution is 2.15. The summed E-state index contributed by atoms with van der Waals surface area (Å²) in [4.78, 5) is 37.8. The van der Waals surface area contributed by atoms with E-state index in [0.29, 0.717) is 19.3 Å². The Morgan fingerprint density at radius 3 is 1.00 bits per heavy atom. The van der Waals surface area contributed by atoms with Crippen LogP contribution in [0, 0.1) is 0 Å². The fourth-order valence-electron chi connectivity index (χ4n) is 7.18. The molecule has 0 rings (SSSR count). The van der Waals surface area contributed by atoms with E-state index >= 15 is 0 Å². The number of carbonyl (C=O) groups is 3. The van der Waals surface area contributed by atoms with Crippen LogP contribution in [0.2, 0.25) is 0 Å². The number of carbonyl (C=O) groups excluding carboxylic acids is 3. The van der Waals surface area contributed by atoms with Gasteiger partial charge in [0.25, 0.3) is 0 Å². The van der Waals surface area contributed by atoms with Crippen molar-refractivity contribution in [1.82, 2.24) is 0 Å². The molecule has 0 spiro atoms. The Morgan fingerprint density at radius 2 is 0.632 bits per heavy atom. The number of hydrogen-bond acceptors (Lipinski definition) is 6. The molecule has 0 aromatic rings. The molecule has 6 heteroatoms. The minimum absolute atomic E-state index is 0.0712. The second kappa shape index (κ2) is 46.6. The van der Waals surface area contributed by atoms with Gasteiger partial charge < -0.3 is 14.2 Å². The number of unbranched alkanes of at least 4 members (excludes halogenated alkanes) is 30. The maximum Gasteiger partial charge on any atom is 0.306 e. The molecule has 0 aromatic carbocycles. The highest BCUT2D eigenvalue weighted by atomic mass is 16.6. The van der Waals surface area contributed by atoms with Gasteiger partial charge in [0.15, 0.2) is 6.10 Å². The average Bonchev–Trinajstić information content (AvgIpc) is 3.21. The second-order valence-corrected chi connectivity index (χ2v) is 16.7. The molecule has 57 heavy (non-hydrogen) atoms. The lowest BCUT2D eigenvalue weighted by molar-refractivity contribution is -0.167. The summed E-state index contributed by atoms with van der Waals surface area (Å²) >= 11 is 0. The Balaban J connectivity index is 4.36. The van der Waals surface area contributed by atoms with E-state index in [2.05, 4.69) is 45.1 Å². The molecular formula is C51H94O6. The molecular weight excluding hydrogens is 709 g/mol. The minimum Gasteiger partial charge on any atom is -0.462 e. The van der Waals surface area contributed by atoms with Crippen molar-refractivity contribution >= 4 is 17.9 Å². The molecule has 0 radical (unpaired) electrons. The predicted molar refractivity (Wildman–Crippen MR) is 243 cm³/mol. The summed E-state index contributed by atoms with van der Waals surface area (Å²) in [6.45, 7) is 6.61. The van der Waals surface area contributed by atoms with E-state index in [-0.39, 0.29) is 31.1 Å².